The van der Waals surface area contributed by atoms with Crippen LogP contribution in [0.1, 0.15) is 143 Å². The lowest BCUT2D eigenvalue weighted by Gasteiger charge is -2.19. The molecule has 0 bridgehead atoms. The van der Waals surface area contributed by atoms with Gasteiger partial charge in [0.2, 0.25) is 0 Å². The molecule has 0 saturated carbocycles. The van der Waals surface area contributed by atoms with Crippen molar-refractivity contribution in [1.82, 2.24) is 0 Å². The Labute approximate surface area is 172 Å². The molecule has 0 fully saturated rings. The molecule has 1 heteroatoms. The van der Waals surface area contributed by atoms with Crippen LogP contribution in [0.5, 0.6) is 0 Å². The predicted molar refractivity (Wildman–Crippen MR) is 124 cm³/mol. The van der Waals surface area contributed by atoms with Gasteiger partial charge in [-0.1, -0.05) is 103 Å². The Hall–Kier alpha value is -0.300. The zero-order chi connectivity index (χ0) is 20.1. The van der Waals surface area contributed by atoms with Gasteiger partial charge in [0, 0.05) is 6.61 Å². The number of unbranched alkanes of at least 4 members (excludes halogenated alkanes) is 16. The van der Waals surface area contributed by atoms with Crippen molar-refractivity contribution in [2.75, 3.05) is 6.61 Å². The lowest BCUT2D eigenvalue weighted by molar-refractivity contribution is -0.00475. The summed E-state index contributed by atoms with van der Waals surface area (Å²) in [5.41, 5.74) is 0.0314. The number of hydrogen-bond donors (Lipinski definition) is 0. The third kappa shape index (κ3) is 25.7. The van der Waals surface area contributed by atoms with Crippen molar-refractivity contribution >= 4 is 0 Å². The molecular weight excluding hydrogens is 328 g/mol. The van der Waals surface area contributed by atoms with E-state index in [0.717, 1.165) is 6.61 Å². The zero-order valence-corrected chi connectivity index (χ0v) is 19.5. The van der Waals surface area contributed by atoms with Gasteiger partial charge in [-0.2, -0.15) is 0 Å². The maximum absolute atomic E-state index is 5.76. The van der Waals surface area contributed by atoms with Gasteiger partial charge in [-0.05, 0) is 52.9 Å². The van der Waals surface area contributed by atoms with E-state index in [2.05, 4.69) is 39.8 Å². The Morgan fingerprint density at radius 1 is 0.519 bits per heavy atom. The van der Waals surface area contributed by atoms with Crippen LogP contribution in [0.3, 0.4) is 0 Å². The summed E-state index contributed by atoms with van der Waals surface area (Å²) in [6.07, 6.45) is 29.8. The largest absolute Gasteiger partial charge is 0.376 e. The first kappa shape index (κ1) is 26.7. The van der Waals surface area contributed by atoms with E-state index in [1.807, 2.05) is 0 Å². The van der Waals surface area contributed by atoms with Crippen LogP contribution in [-0.2, 0) is 4.74 Å². The van der Waals surface area contributed by atoms with E-state index in [0.29, 0.717) is 0 Å². The van der Waals surface area contributed by atoms with Crippen LogP contribution in [0.4, 0.5) is 0 Å². The molecule has 0 aliphatic heterocycles. The van der Waals surface area contributed by atoms with Gasteiger partial charge in [0.25, 0.3) is 0 Å². The van der Waals surface area contributed by atoms with Gasteiger partial charge >= 0.3 is 0 Å². The Balaban J connectivity index is 3.09. The summed E-state index contributed by atoms with van der Waals surface area (Å²) < 4.78 is 5.76. The molecule has 162 valence electrons. The molecule has 0 amide bonds. The van der Waals surface area contributed by atoms with Gasteiger partial charge in [0.05, 0.1) is 5.60 Å². The lowest BCUT2D eigenvalue weighted by atomic mass is 10.1. The fourth-order valence-electron chi connectivity index (χ4n) is 3.44. The standard InChI is InChI=1S/C26H52O/c1-5-6-7-8-9-10-11-12-13-14-15-16-17-18-19-20-21-22-23-24-25-27-26(2,3)4/h12-13H,5-11,14-25H2,1-4H3. The van der Waals surface area contributed by atoms with Crippen molar-refractivity contribution in [3.05, 3.63) is 12.2 Å². The second-order valence-electron chi connectivity index (χ2n) is 9.31. The van der Waals surface area contributed by atoms with Crippen LogP contribution < -0.4 is 0 Å². The SMILES string of the molecule is CCCCCCCCC=CCCCCCCCCCCCCOC(C)(C)C. The summed E-state index contributed by atoms with van der Waals surface area (Å²) >= 11 is 0. The maximum atomic E-state index is 5.76. The summed E-state index contributed by atoms with van der Waals surface area (Å²) in [7, 11) is 0. The van der Waals surface area contributed by atoms with Crippen molar-refractivity contribution < 1.29 is 4.74 Å². The fraction of sp³-hybridized carbons (Fsp3) is 0.923. The molecule has 0 unspecified atom stereocenters. The molecule has 0 aliphatic carbocycles. The number of hydrogen-bond acceptors (Lipinski definition) is 1. The van der Waals surface area contributed by atoms with Gasteiger partial charge in [-0.3, -0.25) is 0 Å². The van der Waals surface area contributed by atoms with Crippen LogP contribution in [0.15, 0.2) is 12.2 Å². The average molecular weight is 381 g/mol. The lowest BCUT2D eigenvalue weighted by Crippen LogP contribution is -2.19. The minimum atomic E-state index is 0.0314. The summed E-state index contributed by atoms with van der Waals surface area (Å²) in [4.78, 5) is 0. The van der Waals surface area contributed by atoms with Crippen LogP contribution in [0.25, 0.3) is 0 Å². The first-order valence-corrected chi connectivity index (χ1v) is 12.3. The molecular formula is C26H52O. The highest BCUT2D eigenvalue weighted by molar-refractivity contribution is 4.81. The van der Waals surface area contributed by atoms with E-state index in [1.165, 1.54) is 116 Å². The summed E-state index contributed by atoms with van der Waals surface area (Å²) in [5.74, 6) is 0. The number of ether oxygens (including phenoxy) is 1. The van der Waals surface area contributed by atoms with E-state index >= 15 is 0 Å². The van der Waals surface area contributed by atoms with E-state index in [1.54, 1.807) is 0 Å². The Kier molecular flexibility index (Phi) is 20.2. The van der Waals surface area contributed by atoms with Crippen molar-refractivity contribution in [3.63, 3.8) is 0 Å². The van der Waals surface area contributed by atoms with Crippen LogP contribution in [-0.4, -0.2) is 12.2 Å². The normalized spacial score (nSPS) is 12.3. The summed E-state index contributed by atoms with van der Waals surface area (Å²) in [6.45, 7) is 9.63. The molecule has 0 aliphatic rings. The van der Waals surface area contributed by atoms with Crippen molar-refractivity contribution in [2.45, 2.75) is 149 Å². The average Bonchev–Trinajstić information content (AvgIpc) is 2.62. The topological polar surface area (TPSA) is 9.23 Å². The molecule has 0 rings (SSSR count). The Morgan fingerprint density at radius 2 is 0.889 bits per heavy atom. The highest BCUT2D eigenvalue weighted by Crippen LogP contribution is 2.13. The number of allylic oxidation sites excluding steroid dienone is 2. The van der Waals surface area contributed by atoms with Crippen molar-refractivity contribution in [3.8, 4) is 0 Å². The van der Waals surface area contributed by atoms with Crippen LogP contribution >= 0.6 is 0 Å². The molecule has 0 atom stereocenters. The van der Waals surface area contributed by atoms with Gasteiger partial charge in [0.15, 0.2) is 0 Å². The molecule has 0 spiro atoms. The van der Waals surface area contributed by atoms with Gasteiger partial charge in [-0.15, -0.1) is 0 Å². The molecule has 27 heavy (non-hydrogen) atoms. The monoisotopic (exact) mass is 380 g/mol. The quantitative estimate of drug-likeness (QED) is 0.151. The first-order chi connectivity index (χ1) is 13.1. The molecule has 0 saturated heterocycles. The third-order valence-corrected chi connectivity index (χ3v) is 5.19. The van der Waals surface area contributed by atoms with E-state index in [-0.39, 0.29) is 5.60 Å². The Bertz CT molecular complexity index is 300. The second-order valence-corrected chi connectivity index (χ2v) is 9.31. The minimum absolute atomic E-state index is 0.0314. The molecule has 0 heterocycles. The molecule has 0 aromatic carbocycles. The first-order valence-electron chi connectivity index (χ1n) is 12.3. The molecule has 0 aromatic heterocycles. The van der Waals surface area contributed by atoms with Crippen molar-refractivity contribution in [1.29, 1.82) is 0 Å². The second kappa shape index (κ2) is 20.4. The van der Waals surface area contributed by atoms with Crippen molar-refractivity contribution in [2.24, 2.45) is 0 Å². The highest BCUT2D eigenvalue weighted by Gasteiger charge is 2.08. The summed E-state index contributed by atoms with van der Waals surface area (Å²) in [6, 6.07) is 0. The van der Waals surface area contributed by atoms with Gasteiger partial charge < -0.3 is 4.74 Å². The fourth-order valence-corrected chi connectivity index (χ4v) is 3.44. The third-order valence-electron chi connectivity index (χ3n) is 5.19. The van der Waals surface area contributed by atoms with Crippen LogP contribution in [0, 0.1) is 0 Å². The molecule has 0 N–H and O–H groups in total. The van der Waals surface area contributed by atoms with E-state index in [4.69, 9.17) is 4.74 Å². The minimum Gasteiger partial charge on any atom is -0.376 e. The Morgan fingerprint density at radius 3 is 1.30 bits per heavy atom. The van der Waals surface area contributed by atoms with Gasteiger partial charge in [-0.25, -0.2) is 0 Å². The predicted octanol–water partition coefficient (Wildman–Crippen LogP) is 9.40. The maximum Gasteiger partial charge on any atom is 0.0598 e. The zero-order valence-electron chi connectivity index (χ0n) is 19.5. The van der Waals surface area contributed by atoms with E-state index < -0.39 is 0 Å². The molecule has 0 aromatic rings. The molecule has 0 radical (unpaired) electrons. The van der Waals surface area contributed by atoms with Crippen LogP contribution in [0.2, 0.25) is 0 Å². The molecule has 1 nitrogen and oxygen atoms in total. The number of rotatable bonds is 20. The van der Waals surface area contributed by atoms with Gasteiger partial charge in [0.1, 0.15) is 0 Å². The summed E-state index contributed by atoms with van der Waals surface area (Å²) in [5, 5.41) is 0. The highest BCUT2D eigenvalue weighted by atomic mass is 16.5. The smallest absolute Gasteiger partial charge is 0.0598 e. The van der Waals surface area contributed by atoms with E-state index in [9.17, 15) is 0 Å².